The second-order valence-corrected chi connectivity index (χ2v) is 4.69. The molecule has 2 aliphatic rings. The molecule has 1 unspecified atom stereocenters. The third-order valence-electron chi connectivity index (χ3n) is 3.73. The van der Waals surface area contributed by atoms with Gasteiger partial charge in [-0.3, -0.25) is 0 Å². The van der Waals surface area contributed by atoms with Gasteiger partial charge in [0.1, 0.15) is 0 Å². The molecule has 0 aromatic rings. The Kier molecular flexibility index (Phi) is 3.49. The summed E-state index contributed by atoms with van der Waals surface area (Å²) in [7, 11) is 0. The predicted molar refractivity (Wildman–Crippen MR) is 61.2 cm³/mol. The van der Waals surface area contributed by atoms with E-state index < -0.39 is 0 Å². The number of hydrogen-bond acceptors (Lipinski definition) is 1. The van der Waals surface area contributed by atoms with Crippen molar-refractivity contribution in [2.45, 2.75) is 64.3 Å². The summed E-state index contributed by atoms with van der Waals surface area (Å²) in [5.74, 6) is 0. The minimum absolute atomic E-state index is 0.855. The highest BCUT2D eigenvalue weighted by atomic mass is 15.2. The summed E-state index contributed by atoms with van der Waals surface area (Å²) in [4.78, 5) is 2.71. The molecule has 80 valence electrons. The van der Waals surface area contributed by atoms with Gasteiger partial charge < -0.3 is 4.90 Å². The van der Waals surface area contributed by atoms with Crippen LogP contribution in [-0.4, -0.2) is 17.5 Å². The lowest BCUT2D eigenvalue weighted by molar-refractivity contribution is 0.180. The van der Waals surface area contributed by atoms with Crippen molar-refractivity contribution < 1.29 is 0 Å². The Hall–Kier alpha value is -0.460. The Bertz CT molecular complexity index is 207. The number of hydrogen-bond donors (Lipinski definition) is 0. The number of likely N-dealkylation sites (tertiary alicyclic amines) is 1. The second-order valence-electron chi connectivity index (χ2n) is 4.69. The molecular formula is C13H23N. The first-order chi connectivity index (χ1) is 6.92. The highest BCUT2D eigenvalue weighted by Crippen LogP contribution is 2.28. The smallest absolute Gasteiger partial charge is 0.0284 e. The average molecular weight is 193 g/mol. The summed E-state index contributed by atoms with van der Waals surface area (Å²) in [6.45, 7) is 3.66. The molecule has 0 amide bonds. The monoisotopic (exact) mass is 193 g/mol. The van der Waals surface area contributed by atoms with Crippen molar-refractivity contribution in [3.63, 3.8) is 0 Å². The van der Waals surface area contributed by atoms with E-state index in [0.717, 1.165) is 6.04 Å². The molecule has 1 fully saturated rings. The van der Waals surface area contributed by atoms with Crippen LogP contribution in [0.2, 0.25) is 0 Å². The van der Waals surface area contributed by atoms with Crippen molar-refractivity contribution in [3.8, 4) is 0 Å². The van der Waals surface area contributed by atoms with Gasteiger partial charge in [-0.15, -0.1) is 0 Å². The second kappa shape index (κ2) is 4.86. The zero-order valence-corrected chi connectivity index (χ0v) is 9.47. The van der Waals surface area contributed by atoms with Crippen molar-refractivity contribution in [2.75, 3.05) is 6.54 Å². The van der Waals surface area contributed by atoms with Crippen LogP contribution in [0.15, 0.2) is 11.8 Å². The lowest BCUT2D eigenvalue weighted by Crippen LogP contribution is -2.38. The summed E-state index contributed by atoms with van der Waals surface area (Å²) in [6.07, 6.45) is 13.6. The van der Waals surface area contributed by atoms with Crippen LogP contribution in [-0.2, 0) is 0 Å². The van der Waals surface area contributed by atoms with Crippen LogP contribution in [0.5, 0.6) is 0 Å². The first-order valence-electron chi connectivity index (χ1n) is 6.37. The van der Waals surface area contributed by atoms with Gasteiger partial charge in [-0.05, 0) is 51.4 Å². The minimum Gasteiger partial charge on any atom is -0.372 e. The van der Waals surface area contributed by atoms with Gasteiger partial charge in [0.25, 0.3) is 0 Å². The van der Waals surface area contributed by atoms with Crippen LogP contribution in [0.25, 0.3) is 0 Å². The maximum atomic E-state index is 2.71. The summed E-state index contributed by atoms with van der Waals surface area (Å²) >= 11 is 0. The Morgan fingerprint density at radius 1 is 1.29 bits per heavy atom. The Morgan fingerprint density at radius 3 is 2.93 bits per heavy atom. The molecule has 1 heterocycles. The van der Waals surface area contributed by atoms with Gasteiger partial charge in [0.2, 0.25) is 0 Å². The molecule has 14 heavy (non-hydrogen) atoms. The number of allylic oxidation sites excluding steroid dienone is 2. The lowest BCUT2D eigenvalue weighted by atomic mass is 9.95. The average Bonchev–Trinajstić information content (AvgIpc) is 2.30. The maximum Gasteiger partial charge on any atom is 0.0284 e. The van der Waals surface area contributed by atoms with Gasteiger partial charge in [0.05, 0.1) is 0 Å². The summed E-state index contributed by atoms with van der Waals surface area (Å²) in [5.41, 5.74) is 1.67. The first kappa shape index (κ1) is 10.1. The van der Waals surface area contributed by atoms with Crippen molar-refractivity contribution in [2.24, 2.45) is 0 Å². The van der Waals surface area contributed by atoms with Gasteiger partial charge >= 0.3 is 0 Å². The van der Waals surface area contributed by atoms with E-state index in [1.165, 1.54) is 57.9 Å². The molecule has 2 rings (SSSR count). The normalized spacial score (nSPS) is 28.8. The van der Waals surface area contributed by atoms with Crippen LogP contribution in [0.3, 0.4) is 0 Å². The standard InChI is InChI=1S/C13H23N/c1-2-12-8-6-7-11-14(12)13-9-4-3-5-10-13/h9,12H,2-8,10-11H2,1H3. The predicted octanol–water partition coefficient (Wildman–Crippen LogP) is 3.71. The molecule has 0 N–H and O–H groups in total. The van der Waals surface area contributed by atoms with E-state index in [2.05, 4.69) is 17.9 Å². The van der Waals surface area contributed by atoms with E-state index in [1.54, 1.807) is 5.70 Å². The molecular weight excluding hydrogens is 170 g/mol. The molecule has 0 saturated carbocycles. The molecule has 0 spiro atoms. The Balaban J connectivity index is 2.02. The zero-order valence-electron chi connectivity index (χ0n) is 9.47. The molecule has 1 nitrogen and oxygen atoms in total. The van der Waals surface area contributed by atoms with Crippen LogP contribution in [0.4, 0.5) is 0 Å². The minimum atomic E-state index is 0.855. The summed E-state index contributed by atoms with van der Waals surface area (Å²) < 4.78 is 0. The molecule has 0 radical (unpaired) electrons. The van der Waals surface area contributed by atoms with E-state index in [0.29, 0.717) is 0 Å². The third-order valence-corrected chi connectivity index (χ3v) is 3.73. The molecule has 0 aromatic carbocycles. The van der Waals surface area contributed by atoms with E-state index >= 15 is 0 Å². The van der Waals surface area contributed by atoms with Gasteiger partial charge in [-0.1, -0.05) is 13.0 Å². The molecule has 1 aliphatic carbocycles. The number of piperidine rings is 1. The van der Waals surface area contributed by atoms with E-state index in [4.69, 9.17) is 0 Å². The van der Waals surface area contributed by atoms with Crippen LogP contribution in [0, 0.1) is 0 Å². The van der Waals surface area contributed by atoms with Crippen molar-refractivity contribution in [3.05, 3.63) is 11.8 Å². The van der Waals surface area contributed by atoms with Crippen molar-refractivity contribution >= 4 is 0 Å². The highest BCUT2D eigenvalue weighted by Gasteiger charge is 2.22. The fourth-order valence-electron chi connectivity index (χ4n) is 2.89. The Morgan fingerprint density at radius 2 is 2.21 bits per heavy atom. The number of rotatable bonds is 2. The SMILES string of the molecule is CCC1CCCCN1C1=CCCCC1. The highest BCUT2D eigenvalue weighted by molar-refractivity contribution is 5.06. The first-order valence-corrected chi connectivity index (χ1v) is 6.37. The van der Waals surface area contributed by atoms with Gasteiger partial charge in [-0.25, -0.2) is 0 Å². The Labute approximate surface area is 88.2 Å². The molecule has 0 bridgehead atoms. The van der Waals surface area contributed by atoms with Crippen LogP contribution < -0.4 is 0 Å². The zero-order chi connectivity index (χ0) is 9.80. The van der Waals surface area contributed by atoms with Crippen LogP contribution >= 0.6 is 0 Å². The lowest BCUT2D eigenvalue weighted by Gasteiger charge is -2.39. The van der Waals surface area contributed by atoms with Gasteiger partial charge in [0, 0.05) is 18.3 Å². The molecule has 0 aromatic heterocycles. The largest absolute Gasteiger partial charge is 0.372 e. The third kappa shape index (κ3) is 2.13. The van der Waals surface area contributed by atoms with Gasteiger partial charge in [-0.2, -0.15) is 0 Å². The van der Waals surface area contributed by atoms with Crippen LogP contribution in [0.1, 0.15) is 58.3 Å². The van der Waals surface area contributed by atoms with Crippen molar-refractivity contribution in [1.29, 1.82) is 0 Å². The molecule has 1 atom stereocenters. The quantitative estimate of drug-likeness (QED) is 0.646. The topological polar surface area (TPSA) is 3.24 Å². The summed E-state index contributed by atoms with van der Waals surface area (Å²) in [6, 6.07) is 0.855. The fraction of sp³-hybridized carbons (Fsp3) is 0.846. The maximum absolute atomic E-state index is 2.71. The molecule has 1 aliphatic heterocycles. The molecule has 1 saturated heterocycles. The van der Waals surface area contributed by atoms with E-state index in [9.17, 15) is 0 Å². The molecule has 1 heteroatoms. The fourth-order valence-corrected chi connectivity index (χ4v) is 2.89. The van der Waals surface area contributed by atoms with E-state index in [1.807, 2.05) is 0 Å². The van der Waals surface area contributed by atoms with E-state index in [-0.39, 0.29) is 0 Å². The van der Waals surface area contributed by atoms with Gasteiger partial charge in [0.15, 0.2) is 0 Å². The summed E-state index contributed by atoms with van der Waals surface area (Å²) in [5, 5.41) is 0. The number of nitrogens with zero attached hydrogens (tertiary/aromatic N) is 1. The van der Waals surface area contributed by atoms with Crippen molar-refractivity contribution in [1.82, 2.24) is 4.90 Å².